The lowest BCUT2D eigenvalue weighted by Gasteiger charge is -2.11. The zero-order valence-corrected chi connectivity index (χ0v) is 9.10. The van der Waals surface area contributed by atoms with Crippen molar-refractivity contribution in [3.63, 3.8) is 0 Å². The van der Waals surface area contributed by atoms with Crippen molar-refractivity contribution in [1.82, 2.24) is 5.32 Å². The van der Waals surface area contributed by atoms with Crippen LogP contribution < -0.4 is 5.32 Å². The molecule has 0 aliphatic carbocycles. The summed E-state index contributed by atoms with van der Waals surface area (Å²) in [6, 6.07) is 7.96. The second-order valence-electron chi connectivity index (χ2n) is 3.31. The number of likely N-dealkylation sites (N-methyl/N-ethyl adjacent to an activating group) is 1. The van der Waals surface area contributed by atoms with Crippen LogP contribution in [0.15, 0.2) is 18.2 Å². The van der Waals surface area contributed by atoms with Crippen molar-refractivity contribution in [1.29, 1.82) is 5.26 Å². The number of nitriles is 1. The topological polar surface area (TPSA) is 35.8 Å². The molecule has 1 unspecified atom stereocenters. The van der Waals surface area contributed by atoms with Crippen LogP contribution in [-0.4, -0.2) is 13.1 Å². The molecule has 0 radical (unpaired) electrons. The summed E-state index contributed by atoms with van der Waals surface area (Å²) in [5, 5.41) is 12.6. The van der Waals surface area contributed by atoms with Crippen LogP contribution in [0.2, 0.25) is 5.02 Å². The number of nitrogens with one attached hydrogen (secondary N) is 1. The molecule has 1 N–H and O–H groups in total. The molecule has 1 atom stereocenters. The first-order valence-corrected chi connectivity index (χ1v) is 4.91. The third-order valence-electron chi connectivity index (χ3n) is 2.21. The number of benzene rings is 1. The van der Waals surface area contributed by atoms with Gasteiger partial charge in [-0.05, 0) is 38.1 Å². The molecular formula is C11H13ClN2. The highest BCUT2D eigenvalue weighted by molar-refractivity contribution is 6.30. The van der Waals surface area contributed by atoms with E-state index in [-0.39, 0.29) is 0 Å². The first-order valence-electron chi connectivity index (χ1n) is 4.53. The Bertz CT molecular complexity index is 355. The van der Waals surface area contributed by atoms with Gasteiger partial charge < -0.3 is 5.32 Å². The minimum Gasteiger partial charge on any atom is -0.317 e. The van der Waals surface area contributed by atoms with Crippen molar-refractivity contribution < 1.29 is 0 Å². The lowest BCUT2D eigenvalue weighted by molar-refractivity contribution is 0.608. The fraction of sp³-hybridized carbons (Fsp3) is 0.364. The van der Waals surface area contributed by atoms with E-state index in [4.69, 9.17) is 16.9 Å². The smallest absolute Gasteiger partial charge is 0.0995 e. The van der Waals surface area contributed by atoms with Crippen LogP contribution in [0.5, 0.6) is 0 Å². The molecule has 0 heterocycles. The zero-order chi connectivity index (χ0) is 10.6. The average Bonchev–Trinajstić information content (AvgIpc) is 2.20. The highest BCUT2D eigenvalue weighted by atomic mass is 35.5. The third kappa shape index (κ3) is 2.73. The molecule has 0 saturated heterocycles. The van der Waals surface area contributed by atoms with Crippen molar-refractivity contribution in [2.45, 2.75) is 19.4 Å². The van der Waals surface area contributed by atoms with Crippen molar-refractivity contribution in [3.8, 4) is 6.07 Å². The Morgan fingerprint density at radius 3 is 2.86 bits per heavy atom. The fourth-order valence-electron chi connectivity index (χ4n) is 1.26. The molecule has 0 aromatic heterocycles. The molecule has 14 heavy (non-hydrogen) atoms. The van der Waals surface area contributed by atoms with Gasteiger partial charge in [0, 0.05) is 11.1 Å². The Morgan fingerprint density at radius 2 is 2.29 bits per heavy atom. The van der Waals surface area contributed by atoms with E-state index in [0.29, 0.717) is 16.6 Å². The summed E-state index contributed by atoms with van der Waals surface area (Å²) in [5.41, 5.74) is 1.71. The van der Waals surface area contributed by atoms with Crippen molar-refractivity contribution in [3.05, 3.63) is 34.3 Å². The average molecular weight is 209 g/mol. The van der Waals surface area contributed by atoms with E-state index in [0.717, 1.165) is 12.0 Å². The standard InChI is InChI=1S/C11H13ClN2/c1-8(14-2)5-9-3-4-11(12)6-10(9)7-13/h3-4,6,8,14H,5H2,1-2H3. The van der Waals surface area contributed by atoms with Gasteiger partial charge >= 0.3 is 0 Å². The van der Waals surface area contributed by atoms with Crippen LogP contribution in [-0.2, 0) is 6.42 Å². The van der Waals surface area contributed by atoms with Crippen molar-refractivity contribution in [2.24, 2.45) is 0 Å². The summed E-state index contributed by atoms with van der Waals surface area (Å²) in [5.74, 6) is 0. The van der Waals surface area contributed by atoms with E-state index in [1.807, 2.05) is 19.2 Å². The number of nitrogens with zero attached hydrogens (tertiary/aromatic N) is 1. The van der Waals surface area contributed by atoms with Gasteiger partial charge in [0.05, 0.1) is 11.6 Å². The molecule has 0 amide bonds. The Hall–Kier alpha value is -1.04. The summed E-state index contributed by atoms with van der Waals surface area (Å²) in [7, 11) is 1.91. The molecule has 1 aromatic carbocycles. The number of rotatable bonds is 3. The number of hydrogen-bond donors (Lipinski definition) is 1. The summed E-state index contributed by atoms with van der Waals surface area (Å²) >= 11 is 5.80. The lowest BCUT2D eigenvalue weighted by atomic mass is 10.0. The van der Waals surface area contributed by atoms with Gasteiger partial charge in [-0.25, -0.2) is 0 Å². The fourth-order valence-corrected chi connectivity index (χ4v) is 1.43. The summed E-state index contributed by atoms with van der Waals surface area (Å²) in [4.78, 5) is 0. The van der Waals surface area contributed by atoms with Crippen LogP contribution in [0.1, 0.15) is 18.1 Å². The number of hydrogen-bond acceptors (Lipinski definition) is 2. The monoisotopic (exact) mass is 208 g/mol. The molecule has 0 fully saturated rings. The van der Waals surface area contributed by atoms with Gasteiger partial charge in [-0.15, -0.1) is 0 Å². The molecule has 0 aliphatic heterocycles. The van der Waals surface area contributed by atoms with Crippen molar-refractivity contribution >= 4 is 11.6 Å². The highest BCUT2D eigenvalue weighted by Gasteiger charge is 2.06. The van der Waals surface area contributed by atoms with E-state index in [9.17, 15) is 0 Å². The molecule has 2 nitrogen and oxygen atoms in total. The zero-order valence-electron chi connectivity index (χ0n) is 8.34. The van der Waals surface area contributed by atoms with Crippen LogP contribution in [0.25, 0.3) is 0 Å². The Balaban J connectivity index is 2.92. The first-order chi connectivity index (χ1) is 6.67. The van der Waals surface area contributed by atoms with Gasteiger partial charge in [0.25, 0.3) is 0 Å². The maximum Gasteiger partial charge on any atom is 0.0995 e. The molecule has 1 rings (SSSR count). The van der Waals surface area contributed by atoms with E-state index in [1.54, 1.807) is 6.07 Å². The van der Waals surface area contributed by atoms with E-state index in [1.165, 1.54) is 0 Å². The number of halogens is 1. The molecule has 3 heteroatoms. The van der Waals surface area contributed by atoms with E-state index in [2.05, 4.69) is 18.3 Å². The molecular weight excluding hydrogens is 196 g/mol. The molecule has 0 bridgehead atoms. The van der Waals surface area contributed by atoms with Crippen LogP contribution >= 0.6 is 11.6 Å². The lowest BCUT2D eigenvalue weighted by Crippen LogP contribution is -2.23. The van der Waals surface area contributed by atoms with Crippen molar-refractivity contribution in [2.75, 3.05) is 7.05 Å². The molecule has 0 aliphatic rings. The maximum atomic E-state index is 8.90. The van der Waals surface area contributed by atoms with E-state index >= 15 is 0 Å². The SMILES string of the molecule is CNC(C)Cc1ccc(Cl)cc1C#N. The Labute approximate surface area is 89.5 Å². The van der Waals surface area contributed by atoms with Crippen LogP contribution in [0, 0.1) is 11.3 Å². The highest BCUT2D eigenvalue weighted by Crippen LogP contribution is 2.16. The van der Waals surface area contributed by atoms with Gasteiger partial charge in [0.1, 0.15) is 0 Å². The quantitative estimate of drug-likeness (QED) is 0.828. The molecule has 74 valence electrons. The second-order valence-corrected chi connectivity index (χ2v) is 3.74. The van der Waals surface area contributed by atoms with Gasteiger partial charge in [0.15, 0.2) is 0 Å². The van der Waals surface area contributed by atoms with Crippen LogP contribution in [0.3, 0.4) is 0 Å². The normalized spacial score (nSPS) is 12.1. The Kier molecular flexibility index (Phi) is 3.94. The van der Waals surface area contributed by atoms with Crippen LogP contribution in [0.4, 0.5) is 0 Å². The second kappa shape index (κ2) is 4.99. The molecule has 0 saturated carbocycles. The maximum absolute atomic E-state index is 8.90. The predicted molar refractivity (Wildman–Crippen MR) is 58.4 cm³/mol. The van der Waals surface area contributed by atoms with E-state index < -0.39 is 0 Å². The van der Waals surface area contributed by atoms with Gasteiger partial charge in [-0.1, -0.05) is 17.7 Å². The summed E-state index contributed by atoms with van der Waals surface area (Å²) < 4.78 is 0. The summed E-state index contributed by atoms with van der Waals surface area (Å²) in [6.45, 7) is 2.08. The third-order valence-corrected chi connectivity index (χ3v) is 2.45. The minimum absolute atomic E-state index is 0.364. The minimum atomic E-state index is 0.364. The van der Waals surface area contributed by atoms with Gasteiger partial charge in [-0.3, -0.25) is 0 Å². The predicted octanol–water partition coefficient (Wildman–Crippen LogP) is 2.36. The summed E-state index contributed by atoms with van der Waals surface area (Å²) in [6.07, 6.45) is 0.844. The van der Waals surface area contributed by atoms with Gasteiger partial charge in [-0.2, -0.15) is 5.26 Å². The molecule has 0 spiro atoms. The largest absolute Gasteiger partial charge is 0.317 e. The van der Waals surface area contributed by atoms with Gasteiger partial charge in [0.2, 0.25) is 0 Å². The molecule has 1 aromatic rings. The Morgan fingerprint density at radius 1 is 1.57 bits per heavy atom. The first kappa shape index (κ1) is 11.0.